The Morgan fingerprint density at radius 1 is 0.800 bits per heavy atom. The Kier molecular flexibility index (Phi) is 6.43. The predicted octanol–water partition coefficient (Wildman–Crippen LogP) is 5.69. The van der Waals surface area contributed by atoms with Crippen LogP contribution in [0.4, 0.5) is 0 Å². The first-order valence-corrected chi connectivity index (χ1v) is 10.6. The van der Waals surface area contributed by atoms with E-state index in [0.29, 0.717) is 17.2 Å². The van der Waals surface area contributed by atoms with E-state index in [-0.39, 0.29) is 19.0 Å². The van der Waals surface area contributed by atoms with Crippen LogP contribution < -0.4 is 4.74 Å². The summed E-state index contributed by atoms with van der Waals surface area (Å²) in [4.78, 5) is 24.4. The molecule has 0 radical (unpaired) electrons. The first-order chi connectivity index (χ1) is 14.7. The molecular formula is C26H26O4. The topological polar surface area (TPSA) is 52.6 Å². The van der Waals surface area contributed by atoms with Crippen molar-refractivity contribution in [3.05, 3.63) is 77.9 Å². The highest BCUT2D eigenvalue weighted by atomic mass is 16.6. The van der Waals surface area contributed by atoms with Crippen molar-refractivity contribution in [1.29, 1.82) is 0 Å². The zero-order chi connectivity index (χ0) is 20.8. The number of carbonyl (C=O) groups excluding carboxylic acids is 2. The van der Waals surface area contributed by atoms with Crippen molar-refractivity contribution < 1.29 is 19.1 Å². The van der Waals surface area contributed by atoms with Gasteiger partial charge in [0.15, 0.2) is 19.0 Å². The van der Waals surface area contributed by atoms with Crippen LogP contribution in [0, 0.1) is 0 Å². The van der Waals surface area contributed by atoms with E-state index < -0.39 is 5.97 Å². The van der Waals surface area contributed by atoms with Gasteiger partial charge < -0.3 is 9.47 Å². The third kappa shape index (κ3) is 4.88. The molecule has 4 rings (SSSR count). The maximum Gasteiger partial charge on any atom is 0.344 e. The monoisotopic (exact) mass is 402 g/mol. The smallest absolute Gasteiger partial charge is 0.344 e. The van der Waals surface area contributed by atoms with Crippen LogP contribution in [0.3, 0.4) is 0 Å². The number of carbonyl (C=O) groups is 2. The van der Waals surface area contributed by atoms with Gasteiger partial charge in [-0.15, -0.1) is 0 Å². The molecule has 0 amide bonds. The van der Waals surface area contributed by atoms with E-state index in [1.165, 1.54) is 37.7 Å². The summed E-state index contributed by atoms with van der Waals surface area (Å²) < 4.78 is 10.7. The third-order valence-electron chi connectivity index (χ3n) is 5.77. The lowest BCUT2D eigenvalue weighted by Gasteiger charge is -2.22. The number of benzene rings is 3. The van der Waals surface area contributed by atoms with Crippen LogP contribution in [0.2, 0.25) is 0 Å². The number of hydrogen-bond acceptors (Lipinski definition) is 4. The van der Waals surface area contributed by atoms with Gasteiger partial charge in [0, 0.05) is 10.9 Å². The number of Topliss-reactive ketones (excluding diaryl/α,β-unsaturated/α-hetero) is 1. The summed E-state index contributed by atoms with van der Waals surface area (Å²) in [6.07, 6.45) is 6.33. The molecule has 0 aromatic heterocycles. The quantitative estimate of drug-likeness (QED) is 0.376. The Morgan fingerprint density at radius 3 is 2.33 bits per heavy atom. The van der Waals surface area contributed by atoms with Crippen molar-refractivity contribution in [1.82, 2.24) is 0 Å². The maximum atomic E-state index is 12.4. The molecule has 0 atom stereocenters. The molecule has 0 N–H and O–H groups in total. The van der Waals surface area contributed by atoms with E-state index in [1.807, 2.05) is 66.7 Å². The van der Waals surface area contributed by atoms with Crippen LogP contribution in [0.1, 0.15) is 53.9 Å². The van der Waals surface area contributed by atoms with Crippen molar-refractivity contribution >= 4 is 22.5 Å². The summed E-state index contributed by atoms with van der Waals surface area (Å²) in [7, 11) is 0. The lowest BCUT2D eigenvalue weighted by Crippen LogP contribution is -2.19. The van der Waals surface area contributed by atoms with Crippen LogP contribution in [0.25, 0.3) is 10.8 Å². The first-order valence-electron chi connectivity index (χ1n) is 10.6. The molecule has 0 saturated heterocycles. The number of fused-ring (bicyclic) bond motifs is 1. The molecule has 0 spiro atoms. The molecular weight excluding hydrogens is 376 g/mol. The lowest BCUT2D eigenvalue weighted by atomic mass is 9.84. The summed E-state index contributed by atoms with van der Waals surface area (Å²) >= 11 is 0. The van der Waals surface area contributed by atoms with Gasteiger partial charge in [0.1, 0.15) is 5.75 Å². The number of hydrogen-bond donors (Lipinski definition) is 0. The van der Waals surface area contributed by atoms with E-state index in [2.05, 4.69) is 0 Å². The number of ether oxygens (including phenoxy) is 2. The zero-order valence-electron chi connectivity index (χ0n) is 17.0. The van der Waals surface area contributed by atoms with Crippen LogP contribution in [-0.4, -0.2) is 25.0 Å². The van der Waals surface area contributed by atoms with E-state index in [9.17, 15) is 9.59 Å². The fraction of sp³-hybridized carbons (Fsp3) is 0.308. The van der Waals surface area contributed by atoms with E-state index in [1.54, 1.807) is 0 Å². The minimum atomic E-state index is -0.560. The third-order valence-corrected chi connectivity index (χ3v) is 5.77. The SMILES string of the molecule is O=C(COc1cccc2ccccc12)OCC(=O)c1ccc(C2CCCCC2)cc1. The van der Waals surface area contributed by atoms with Crippen molar-refractivity contribution in [2.75, 3.05) is 13.2 Å². The Bertz CT molecular complexity index is 1010. The second-order valence-electron chi connectivity index (χ2n) is 7.81. The maximum absolute atomic E-state index is 12.4. The van der Waals surface area contributed by atoms with Gasteiger partial charge in [-0.1, -0.05) is 79.9 Å². The molecule has 0 bridgehead atoms. The number of ketones is 1. The second kappa shape index (κ2) is 9.57. The van der Waals surface area contributed by atoms with Gasteiger partial charge in [-0.2, -0.15) is 0 Å². The molecule has 1 fully saturated rings. The molecule has 1 saturated carbocycles. The van der Waals surface area contributed by atoms with Crippen molar-refractivity contribution in [3.8, 4) is 5.75 Å². The minimum Gasteiger partial charge on any atom is -0.481 e. The van der Waals surface area contributed by atoms with Crippen LogP contribution >= 0.6 is 0 Å². The van der Waals surface area contributed by atoms with Gasteiger partial charge in [-0.05, 0) is 35.8 Å². The predicted molar refractivity (Wildman–Crippen MR) is 117 cm³/mol. The van der Waals surface area contributed by atoms with Crippen LogP contribution in [-0.2, 0) is 9.53 Å². The van der Waals surface area contributed by atoms with Gasteiger partial charge in [0.2, 0.25) is 0 Å². The summed E-state index contributed by atoms with van der Waals surface area (Å²) in [5.74, 6) is 0.459. The molecule has 0 heterocycles. The molecule has 30 heavy (non-hydrogen) atoms. The Labute approximate surface area is 176 Å². The van der Waals surface area contributed by atoms with Gasteiger partial charge in [-0.3, -0.25) is 4.79 Å². The molecule has 4 heteroatoms. The van der Waals surface area contributed by atoms with E-state index in [4.69, 9.17) is 9.47 Å². The van der Waals surface area contributed by atoms with Crippen molar-refractivity contribution in [2.45, 2.75) is 38.0 Å². The number of esters is 1. The molecule has 1 aliphatic carbocycles. The minimum absolute atomic E-state index is 0.205. The van der Waals surface area contributed by atoms with Gasteiger partial charge in [0.25, 0.3) is 0 Å². The molecule has 4 nitrogen and oxygen atoms in total. The average Bonchev–Trinajstić information content (AvgIpc) is 2.82. The largest absolute Gasteiger partial charge is 0.481 e. The Morgan fingerprint density at radius 2 is 1.53 bits per heavy atom. The fourth-order valence-corrected chi connectivity index (χ4v) is 4.11. The van der Waals surface area contributed by atoms with Crippen LogP contribution in [0.5, 0.6) is 5.75 Å². The van der Waals surface area contributed by atoms with Crippen molar-refractivity contribution in [2.24, 2.45) is 0 Å². The van der Waals surface area contributed by atoms with Crippen LogP contribution in [0.15, 0.2) is 66.7 Å². The normalized spacial score (nSPS) is 14.4. The average molecular weight is 402 g/mol. The Balaban J connectivity index is 1.27. The summed E-state index contributed by atoms with van der Waals surface area (Å²) in [6, 6.07) is 21.2. The molecule has 154 valence electrons. The zero-order valence-corrected chi connectivity index (χ0v) is 17.0. The summed E-state index contributed by atoms with van der Waals surface area (Å²) in [6.45, 7) is -0.511. The lowest BCUT2D eigenvalue weighted by molar-refractivity contribution is -0.144. The van der Waals surface area contributed by atoms with Gasteiger partial charge in [0.05, 0.1) is 0 Å². The van der Waals surface area contributed by atoms with Crippen molar-refractivity contribution in [3.63, 3.8) is 0 Å². The summed E-state index contributed by atoms with van der Waals surface area (Å²) in [5.41, 5.74) is 1.86. The Hall–Kier alpha value is -3.14. The molecule has 0 aliphatic heterocycles. The first kappa shape index (κ1) is 20.1. The standard InChI is InChI=1S/C26H26O4/c27-24(22-15-13-20(14-16-22)19-7-2-1-3-8-19)17-30-26(28)18-29-25-12-6-10-21-9-4-5-11-23(21)25/h4-6,9-16,19H,1-3,7-8,17-18H2. The molecule has 3 aromatic rings. The summed E-state index contributed by atoms with van der Waals surface area (Å²) in [5, 5.41) is 1.97. The molecule has 3 aromatic carbocycles. The molecule has 0 unspecified atom stereocenters. The number of rotatable bonds is 7. The second-order valence-corrected chi connectivity index (χ2v) is 7.81. The van der Waals surface area contributed by atoms with Gasteiger partial charge >= 0.3 is 5.97 Å². The highest BCUT2D eigenvalue weighted by molar-refractivity contribution is 5.98. The van der Waals surface area contributed by atoms with E-state index >= 15 is 0 Å². The highest BCUT2D eigenvalue weighted by Gasteiger charge is 2.16. The molecule has 1 aliphatic rings. The highest BCUT2D eigenvalue weighted by Crippen LogP contribution is 2.32. The van der Waals surface area contributed by atoms with Gasteiger partial charge in [-0.25, -0.2) is 4.79 Å². The van der Waals surface area contributed by atoms with E-state index in [0.717, 1.165) is 10.8 Å². The fourth-order valence-electron chi connectivity index (χ4n) is 4.11.